The lowest BCUT2D eigenvalue weighted by Crippen LogP contribution is -2.36. The number of aromatic nitrogens is 1. The predicted molar refractivity (Wildman–Crippen MR) is 78.3 cm³/mol. The SMILES string of the molecule is CCNC(=NCc1csc(-c2ccco2)n1)NCC. The van der Waals surface area contributed by atoms with Gasteiger partial charge < -0.3 is 15.1 Å². The lowest BCUT2D eigenvalue weighted by Gasteiger charge is -2.08. The maximum Gasteiger partial charge on any atom is 0.191 e. The van der Waals surface area contributed by atoms with E-state index in [1.54, 1.807) is 17.6 Å². The molecular formula is C13H18N4OS. The molecule has 2 aromatic heterocycles. The van der Waals surface area contributed by atoms with Crippen molar-refractivity contribution in [2.24, 2.45) is 4.99 Å². The van der Waals surface area contributed by atoms with Gasteiger partial charge >= 0.3 is 0 Å². The van der Waals surface area contributed by atoms with Crippen LogP contribution < -0.4 is 10.6 Å². The highest BCUT2D eigenvalue weighted by atomic mass is 32.1. The number of nitrogens with zero attached hydrogens (tertiary/aromatic N) is 2. The molecule has 0 aliphatic carbocycles. The van der Waals surface area contributed by atoms with Crippen molar-refractivity contribution in [3.05, 3.63) is 29.5 Å². The molecule has 0 saturated carbocycles. The predicted octanol–water partition coefficient (Wildman–Crippen LogP) is 2.48. The van der Waals surface area contributed by atoms with E-state index in [0.29, 0.717) is 6.54 Å². The molecule has 2 N–H and O–H groups in total. The Labute approximate surface area is 116 Å². The number of furan rings is 1. The van der Waals surface area contributed by atoms with E-state index in [9.17, 15) is 0 Å². The lowest BCUT2D eigenvalue weighted by molar-refractivity contribution is 0.581. The second-order valence-electron chi connectivity index (χ2n) is 3.85. The molecule has 0 saturated heterocycles. The molecule has 0 aromatic carbocycles. The van der Waals surface area contributed by atoms with Crippen LogP contribution in [0.25, 0.3) is 10.8 Å². The first-order valence-corrected chi connectivity index (χ1v) is 7.22. The van der Waals surface area contributed by atoms with Gasteiger partial charge in [0, 0.05) is 18.5 Å². The van der Waals surface area contributed by atoms with Gasteiger partial charge in [-0.15, -0.1) is 11.3 Å². The zero-order valence-electron chi connectivity index (χ0n) is 11.1. The van der Waals surface area contributed by atoms with Crippen molar-refractivity contribution in [2.75, 3.05) is 13.1 Å². The van der Waals surface area contributed by atoms with Gasteiger partial charge in [0.15, 0.2) is 16.7 Å². The molecule has 0 unspecified atom stereocenters. The molecule has 2 aromatic rings. The van der Waals surface area contributed by atoms with Gasteiger partial charge in [-0.25, -0.2) is 9.98 Å². The molecule has 0 fully saturated rings. The van der Waals surface area contributed by atoms with Crippen molar-refractivity contribution in [3.8, 4) is 10.8 Å². The van der Waals surface area contributed by atoms with Gasteiger partial charge in [-0.1, -0.05) is 0 Å². The summed E-state index contributed by atoms with van der Waals surface area (Å²) in [5.74, 6) is 1.62. The number of hydrogen-bond acceptors (Lipinski definition) is 4. The number of hydrogen-bond donors (Lipinski definition) is 2. The summed E-state index contributed by atoms with van der Waals surface area (Å²) in [4.78, 5) is 8.98. The summed E-state index contributed by atoms with van der Waals surface area (Å²) < 4.78 is 5.32. The highest BCUT2D eigenvalue weighted by Gasteiger charge is 2.06. The van der Waals surface area contributed by atoms with E-state index in [-0.39, 0.29) is 0 Å². The number of guanidine groups is 1. The minimum Gasteiger partial charge on any atom is -0.462 e. The standard InChI is InChI=1S/C13H18N4OS/c1-3-14-13(15-4-2)16-8-10-9-19-12(17-10)11-6-5-7-18-11/h5-7,9H,3-4,8H2,1-2H3,(H2,14,15,16). The Bertz CT molecular complexity index is 510. The Kier molecular flexibility index (Phi) is 4.97. The van der Waals surface area contributed by atoms with Crippen LogP contribution in [-0.2, 0) is 6.54 Å². The zero-order valence-corrected chi connectivity index (χ0v) is 12.0. The fourth-order valence-corrected chi connectivity index (χ4v) is 2.34. The van der Waals surface area contributed by atoms with E-state index in [1.165, 1.54) is 0 Å². The van der Waals surface area contributed by atoms with Gasteiger partial charge in [0.25, 0.3) is 0 Å². The summed E-state index contributed by atoms with van der Waals surface area (Å²) in [5, 5.41) is 9.27. The van der Waals surface area contributed by atoms with Gasteiger partial charge in [-0.3, -0.25) is 0 Å². The van der Waals surface area contributed by atoms with E-state index in [4.69, 9.17) is 4.42 Å². The Morgan fingerprint density at radius 1 is 1.37 bits per heavy atom. The van der Waals surface area contributed by atoms with E-state index in [0.717, 1.165) is 35.5 Å². The summed E-state index contributed by atoms with van der Waals surface area (Å²) >= 11 is 1.57. The van der Waals surface area contributed by atoms with Crippen molar-refractivity contribution in [3.63, 3.8) is 0 Å². The third-order valence-electron chi connectivity index (χ3n) is 2.37. The second-order valence-corrected chi connectivity index (χ2v) is 4.70. The van der Waals surface area contributed by atoms with Gasteiger partial charge in [0.1, 0.15) is 0 Å². The Morgan fingerprint density at radius 2 is 2.16 bits per heavy atom. The monoisotopic (exact) mass is 278 g/mol. The maximum absolute atomic E-state index is 5.32. The normalized spacial score (nSPS) is 10.2. The molecule has 0 radical (unpaired) electrons. The largest absolute Gasteiger partial charge is 0.462 e. The lowest BCUT2D eigenvalue weighted by atomic mass is 10.4. The van der Waals surface area contributed by atoms with Crippen LogP contribution in [0.2, 0.25) is 0 Å². The van der Waals surface area contributed by atoms with Crippen LogP contribution >= 0.6 is 11.3 Å². The van der Waals surface area contributed by atoms with Gasteiger partial charge in [0.05, 0.1) is 18.5 Å². The van der Waals surface area contributed by atoms with Crippen molar-refractivity contribution in [1.82, 2.24) is 15.6 Å². The molecule has 0 aliphatic rings. The minimum absolute atomic E-state index is 0.562. The average molecular weight is 278 g/mol. The highest BCUT2D eigenvalue weighted by Crippen LogP contribution is 2.24. The molecule has 2 heterocycles. The third-order valence-corrected chi connectivity index (χ3v) is 3.28. The first-order chi connectivity index (χ1) is 9.33. The molecule has 2 rings (SSSR count). The Balaban J connectivity index is 2.01. The van der Waals surface area contributed by atoms with Crippen LogP contribution in [0.3, 0.4) is 0 Å². The molecule has 0 amide bonds. The van der Waals surface area contributed by atoms with Crippen LogP contribution in [0.15, 0.2) is 33.2 Å². The summed E-state index contributed by atoms with van der Waals surface area (Å²) in [6, 6.07) is 3.78. The highest BCUT2D eigenvalue weighted by molar-refractivity contribution is 7.13. The van der Waals surface area contributed by atoms with Crippen LogP contribution in [0.1, 0.15) is 19.5 Å². The molecule has 0 atom stereocenters. The van der Waals surface area contributed by atoms with Crippen LogP contribution in [-0.4, -0.2) is 24.0 Å². The quantitative estimate of drug-likeness (QED) is 0.651. The third kappa shape index (κ3) is 3.82. The smallest absolute Gasteiger partial charge is 0.191 e. The van der Waals surface area contributed by atoms with E-state index < -0.39 is 0 Å². The molecule has 6 heteroatoms. The molecule has 19 heavy (non-hydrogen) atoms. The van der Waals surface area contributed by atoms with Crippen molar-refractivity contribution < 1.29 is 4.42 Å². The topological polar surface area (TPSA) is 62.5 Å². The minimum atomic E-state index is 0.562. The number of nitrogens with one attached hydrogen (secondary N) is 2. The van der Waals surface area contributed by atoms with E-state index >= 15 is 0 Å². The molecule has 0 bridgehead atoms. The number of rotatable bonds is 5. The Hall–Kier alpha value is -1.82. The molecule has 0 aliphatic heterocycles. The van der Waals surface area contributed by atoms with E-state index in [2.05, 4.69) is 20.6 Å². The Morgan fingerprint density at radius 3 is 2.79 bits per heavy atom. The summed E-state index contributed by atoms with van der Waals surface area (Å²) in [6.45, 7) is 6.35. The molecule has 5 nitrogen and oxygen atoms in total. The summed E-state index contributed by atoms with van der Waals surface area (Å²) in [6.07, 6.45) is 1.66. The molecule has 0 spiro atoms. The summed E-state index contributed by atoms with van der Waals surface area (Å²) in [7, 11) is 0. The number of thiazole rings is 1. The van der Waals surface area contributed by atoms with Gasteiger partial charge in [0.2, 0.25) is 0 Å². The van der Waals surface area contributed by atoms with Crippen molar-refractivity contribution in [1.29, 1.82) is 0 Å². The van der Waals surface area contributed by atoms with Crippen molar-refractivity contribution in [2.45, 2.75) is 20.4 Å². The van der Waals surface area contributed by atoms with Gasteiger partial charge in [-0.05, 0) is 26.0 Å². The van der Waals surface area contributed by atoms with Crippen LogP contribution in [0.5, 0.6) is 0 Å². The summed E-state index contributed by atoms with van der Waals surface area (Å²) in [5.41, 5.74) is 0.949. The first-order valence-electron chi connectivity index (χ1n) is 6.34. The van der Waals surface area contributed by atoms with E-state index in [1.807, 2.05) is 31.4 Å². The molecular weight excluding hydrogens is 260 g/mol. The van der Waals surface area contributed by atoms with Crippen LogP contribution in [0.4, 0.5) is 0 Å². The van der Waals surface area contributed by atoms with Crippen LogP contribution in [0, 0.1) is 0 Å². The first kappa shape index (κ1) is 13.6. The van der Waals surface area contributed by atoms with Crippen molar-refractivity contribution >= 4 is 17.3 Å². The fraction of sp³-hybridized carbons (Fsp3) is 0.385. The average Bonchev–Trinajstić information content (AvgIpc) is 3.07. The van der Waals surface area contributed by atoms with Gasteiger partial charge in [-0.2, -0.15) is 0 Å². The zero-order chi connectivity index (χ0) is 13.5. The fourth-order valence-electron chi connectivity index (χ4n) is 1.56. The maximum atomic E-state index is 5.32. The molecule has 102 valence electrons. The number of aliphatic imine (C=N–C) groups is 1. The second kappa shape index (κ2) is 6.94.